The zero-order valence-electron chi connectivity index (χ0n) is 11.8. The van der Waals surface area contributed by atoms with Gasteiger partial charge in [0.25, 0.3) is 0 Å². The second-order valence-electron chi connectivity index (χ2n) is 4.94. The van der Waals surface area contributed by atoms with E-state index in [2.05, 4.69) is 42.3 Å². The molecule has 4 heteroatoms. The van der Waals surface area contributed by atoms with Gasteiger partial charge >= 0.3 is 0 Å². The van der Waals surface area contributed by atoms with Crippen LogP contribution in [0.15, 0.2) is 36.5 Å². The predicted molar refractivity (Wildman–Crippen MR) is 81.5 cm³/mol. The summed E-state index contributed by atoms with van der Waals surface area (Å²) in [4.78, 5) is 15.9. The highest BCUT2D eigenvalue weighted by Crippen LogP contribution is 2.12. The number of hydrogen-bond acceptors (Lipinski definition) is 3. The normalized spacial score (nSPS) is 10.3. The molecular formula is C16H19N3O. The fraction of sp³-hybridized carbons (Fsp3) is 0.250. The highest BCUT2D eigenvalue weighted by molar-refractivity contribution is 5.89. The summed E-state index contributed by atoms with van der Waals surface area (Å²) >= 11 is 0. The Morgan fingerprint density at radius 1 is 1.20 bits per heavy atom. The van der Waals surface area contributed by atoms with Crippen molar-refractivity contribution in [2.24, 2.45) is 0 Å². The van der Waals surface area contributed by atoms with Crippen molar-refractivity contribution in [3.63, 3.8) is 0 Å². The van der Waals surface area contributed by atoms with E-state index in [9.17, 15) is 4.79 Å². The number of benzene rings is 1. The molecular weight excluding hydrogens is 250 g/mol. The number of aryl methyl sites for hydroxylation is 3. The van der Waals surface area contributed by atoms with Gasteiger partial charge in [0.1, 0.15) is 5.82 Å². The van der Waals surface area contributed by atoms with E-state index >= 15 is 0 Å². The fourth-order valence-corrected chi connectivity index (χ4v) is 1.90. The molecule has 4 nitrogen and oxygen atoms in total. The number of hydrogen-bond donors (Lipinski definition) is 2. The van der Waals surface area contributed by atoms with Crippen molar-refractivity contribution in [3.8, 4) is 0 Å². The molecule has 0 atom stereocenters. The summed E-state index contributed by atoms with van der Waals surface area (Å²) < 4.78 is 0. The highest BCUT2D eigenvalue weighted by Gasteiger charge is 2.04. The molecule has 0 aliphatic rings. The van der Waals surface area contributed by atoms with Gasteiger partial charge in [-0.1, -0.05) is 18.2 Å². The van der Waals surface area contributed by atoms with Crippen molar-refractivity contribution in [1.29, 1.82) is 0 Å². The number of carbonyl (C=O) groups is 1. The largest absolute Gasteiger partial charge is 0.397 e. The molecule has 0 saturated heterocycles. The molecule has 0 unspecified atom stereocenters. The maximum Gasteiger partial charge on any atom is 0.225 e. The van der Waals surface area contributed by atoms with Crippen LogP contribution in [0.4, 0.5) is 11.5 Å². The van der Waals surface area contributed by atoms with Gasteiger partial charge in [-0.25, -0.2) is 4.98 Å². The van der Waals surface area contributed by atoms with Gasteiger partial charge in [-0.3, -0.25) is 4.79 Å². The molecule has 0 radical (unpaired) electrons. The van der Waals surface area contributed by atoms with Crippen molar-refractivity contribution in [2.75, 3.05) is 11.1 Å². The molecule has 1 heterocycles. The van der Waals surface area contributed by atoms with Gasteiger partial charge in [0, 0.05) is 6.42 Å². The molecule has 104 valence electrons. The number of aromatic nitrogens is 1. The molecule has 20 heavy (non-hydrogen) atoms. The summed E-state index contributed by atoms with van der Waals surface area (Å²) in [5.74, 6) is 0.491. The van der Waals surface area contributed by atoms with Crippen LogP contribution in [-0.4, -0.2) is 10.9 Å². The number of nitrogens with zero attached hydrogens (tertiary/aromatic N) is 1. The average molecular weight is 269 g/mol. The Bertz CT molecular complexity index is 606. The number of nitrogens with two attached hydrogens (primary N) is 1. The Kier molecular flexibility index (Phi) is 4.35. The minimum Gasteiger partial charge on any atom is -0.397 e. The number of rotatable bonds is 4. The van der Waals surface area contributed by atoms with Crippen LogP contribution in [0.1, 0.15) is 23.1 Å². The van der Waals surface area contributed by atoms with E-state index in [1.54, 1.807) is 12.1 Å². The highest BCUT2D eigenvalue weighted by atomic mass is 16.1. The average Bonchev–Trinajstić information content (AvgIpc) is 2.43. The van der Waals surface area contributed by atoms with Crippen LogP contribution in [0, 0.1) is 13.8 Å². The first-order valence-electron chi connectivity index (χ1n) is 6.62. The number of nitrogen functional groups attached to an aromatic ring is 1. The van der Waals surface area contributed by atoms with Crippen molar-refractivity contribution in [2.45, 2.75) is 26.7 Å². The van der Waals surface area contributed by atoms with Crippen molar-refractivity contribution in [1.82, 2.24) is 4.98 Å². The van der Waals surface area contributed by atoms with Crippen LogP contribution in [0.25, 0.3) is 0 Å². The number of nitrogens with one attached hydrogen (secondary N) is 1. The van der Waals surface area contributed by atoms with Gasteiger partial charge in [0.05, 0.1) is 11.9 Å². The van der Waals surface area contributed by atoms with Crippen molar-refractivity contribution < 1.29 is 4.79 Å². The second kappa shape index (κ2) is 6.19. The van der Waals surface area contributed by atoms with E-state index in [-0.39, 0.29) is 5.91 Å². The van der Waals surface area contributed by atoms with Crippen LogP contribution in [0.2, 0.25) is 0 Å². The molecule has 3 N–H and O–H groups in total. The van der Waals surface area contributed by atoms with E-state index in [0.717, 1.165) is 6.42 Å². The Hall–Kier alpha value is -2.36. The lowest BCUT2D eigenvalue weighted by molar-refractivity contribution is -0.116. The standard InChI is InChI=1S/C16H19N3O/c1-11-3-4-13(9-12(11)2)5-8-16(20)19-15-7-6-14(17)10-18-15/h3-4,6-7,9-10H,5,8,17H2,1-2H3,(H,18,19,20). The van der Waals surface area contributed by atoms with Crippen molar-refractivity contribution in [3.05, 3.63) is 53.2 Å². The van der Waals surface area contributed by atoms with E-state index in [1.165, 1.54) is 22.9 Å². The first-order chi connectivity index (χ1) is 9.54. The Morgan fingerprint density at radius 2 is 2.00 bits per heavy atom. The SMILES string of the molecule is Cc1ccc(CCC(=O)Nc2ccc(N)cn2)cc1C. The Balaban J connectivity index is 1.88. The van der Waals surface area contributed by atoms with Gasteiger partial charge in [-0.05, 0) is 49.1 Å². The van der Waals surface area contributed by atoms with Crippen LogP contribution in [-0.2, 0) is 11.2 Å². The molecule has 1 aromatic heterocycles. The van der Waals surface area contributed by atoms with Gasteiger partial charge in [0.2, 0.25) is 5.91 Å². The molecule has 0 fully saturated rings. The summed E-state index contributed by atoms with van der Waals surface area (Å²) in [6.07, 6.45) is 2.69. The zero-order valence-corrected chi connectivity index (χ0v) is 11.8. The molecule has 0 bridgehead atoms. The molecule has 1 aromatic carbocycles. The van der Waals surface area contributed by atoms with E-state index in [1.807, 2.05) is 0 Å². The van der Waals surface area contributed by atoms with Gasteiger partial charge in [-0.15, -0.1) is 0 Å². The van der Waals surface area contributed by atoms with E-state index in [4.69, 9.17) is 5.73 Å². The third-order valence-corrected chi connectivity index (χ3v) is 3.27. The maximum absolute atomic E-state index is 11.8. The topological polar surface area (TPSA) is 68.0 Å². The minimum absolute atomic E-state index is 0.0412. The summed E-state index contributed by atoms with van der Waals surface area (Å²) in [5.41, 5.74) is 9.82. The zero-order chi connectivity index (χ0) is 14.5. The summed E-state index contributed by atoms with van der Waals surface area (Å²) in [6, 6.07) is 9.69. The number of pyridine rings is 1. The minimum atomic E-state index is -0.0412. The third kappa shape index (κ3) is 3.82. The first-order valence-corrected chi connectivity index (χ1v) is 6.62. The van der Waals surface area contributed by atoms with Crippen LogP contribution >= 0.6 is 0 Å². The lowest BCUT2D eigenvalue weighted by Gasteiger charge is -2.06. The van der Waals surface area contributed by atoms with E-state index < -0.39 is 0 Å². The molecule has 2 rings (SSSR count). The Morgan fingerprint density at radius 3 is 2.65 bits per heavy atom. The smallest absolute Gasteiger partial charge is 0.225 e. The van der Waals surface area contributed by atoms with Gasteiger partial charge in [-0.2, -0.15) is 0 Å². The fourth-order valence-electron chi connectivity index (χ4n) is 1.90. The Labute approximate surface area is 119 Å². The molecule has 0 spiro atoms. The van der Waals surface area contributed by atoms with Crippen molar-refractivity contribution >= 4 is 17.4 Å². The van der Waals surface area contributed by atoms with Crippen LogP contribution < -0.4 is 11.1 Å². The molecule has 1 amide bonds. The summed E-state index contributed by atoms with van der Waals surface area (Å²) in [7, 11) is 0. The molecule has 0 aliphatic heterocycles. The summed E-state index contributed by atoms with van der Waals surface area (Å²) in [5, 5.41) is 2.76. The van der Waals surface area contributed by atoms with Crippen LogP contribution in [0.5, 0.6) is 0 Å². The summed E-state index contributed by atoms with van der Waals surface area (Å²) in [6.45, 7) is 4.16. The number of anilines is 2. The monoisotopic (exact) mass is 269 g/mol. The first kappa shape index (κ1) is 14.1. The second-order valence-corrected chi connectivity index (χ2v) is 4.94. The lowest BCUT2D eigenvalue weighted by Crippen LogP contribution is -2.13. The third-order valence-electron chi connectivity index (χ3n) is 3.27. The quantitative estimate of drug-likeness (QED) is 0.896. The van der Waals surface area contributed by atoms with Crippen LogP contribution in [0.3, 0.4) is 0 Å². The molecule has 2 aromatic rings. The maximum atomic E-state index is 11.8. The predicted octanol–water partition coefficient (Wildman–Crippen LogP) is 2.85. The van der Waals surface area contributed by atoms with E-state index in [0.29, 0.717) is 17.9 Å². The van der Waals surface area contributed by atoms with Gasteiger partial charge < -0.3 is 11.1 Å². The van der Waals surface area contributed by atoms with Gasteiger partial charge in [0.15, 0.2) is 0 Å². The molecule has 0 saturated carbocycles. The lowest BCUT2D eigenvalue weighted by atomic mass is 10.0. The number of amides is 1. The molecule has 0 aliphatic carbocycles. The number of carbonyl (C=O) groups excluding carboxylic acids is 1.